The van der Waals surface area contributed by atoms with E-state index in [2.05, 4.69) is 25.8 Å². The topological polar surface area (TPSA) is 84.2 Å². The lowest BCUT2D eigenvalue weighted by molar-refractivity contribution is 0.0938. The fraction of sp³-hybridized carbons (Fsp3) is 0.333. The number of nitrogens with one attached hydrogen (secondary N) is 2. The van der Waals surface area contributed by atoms with E-state index in [4.69, 9.17) is 0 Å². The molecule has 2 N–H and O–H groups in total. The number of carbonyl (C=O) groups excluding carboxylic acids is 1. The highest BCUT2D eigenvalue weighted by atomic mass is 16.1. The van der Waals surface area contributed by atoms with E-state index in [-0.39, 0.29) is 11.9 Å². The van der Waals surface area contributed by atoms with Crippen molar-refractivity contribution in [1.29, 1.82) is 0 Å². The van der Waals surface area contributed by atoms with E-state index in [1.807, 2.05) is 48.7 Å². The number of hydrogen-bond acceptors (Lipinski definition) is 5. The van der Waals surface area contributed by atoms with Crippen molar-refractivity contribution < 1.29 is 4.79 Å². The molecule has 0 radical (unpaired) electrons. The van der Waals surface area contributed by atoms with Crippen molar-refractivity contribution in [2.45, 2.75) is 32.7 Å². The third-order valence-corrected chi connectivity index (χ3v) is 3.70. The summed E-state index contributed by atoms with van der Waals surface area (Å²) in [6, 6.07) is 9.58. The van der Waals surface area contributed by atoms with Crippen LogP contribution in [0.1, 0.15) is 36.6 Å². The minimum absolute atomic E-state index is 0.0869. The standard InChI is InChI=1S/C18H22N6O/c1-13(2)21-18(25)15-12-14(8-10-20-15)19-9-5-7-17-23-22-16-6-3-4-11-24(16)17/h3-4,6,8,10-13H,5,7,9H2,1-2H3,(H,19,20)(H,21,25). The summed E-state index contributed by atoms with van der Waals surface area (Å²) in [6.07, 6.45) is 5.35. The fourth-order valence-corrected chi connectivity index (χ4v) is 2.54. The summed E-state index contributed by atoms with van der Waals surface area (Å²) in [5.41, 5.74) is 2.16. The molecule has 0 atom stereocenters. The van der Waals surface area contributed by atoms with Gasteiger partial charge >= 0.3 is 0 Å². The number of aromatic nitrogens is 4. The summed E-state index contributed by atoms with van der Waals surface area (Å²) >= 11 is 0. The minimum Gasteiger partial charge on any atom is -0.385 e. The second kappa shape index (κ2) is 7.74. The van der Waals surface area contributed by atoms with Gasteiger partial charge in [0.2, 0.25) is 0 Å². The molecule has 25 heavy (non-hydrogen) atoms. The van der Waals surface area contributed by atoms with Gasteiger partial charge in [0.15, 0.2) is 5.65 Å². The Morgan fingerprint density at radius 1 is 1.24 bits per heavy atom. The van der Waals surface area contributed by atoms with Gasteiger partial charge in [-0.05, 0) is 44.5 Å². The number of aryl methyl sites for hydroxylation is 1. The Kier molecular flexibility index (Phi) is 5.23. The smallest absolute Gasteiger partial charge is 0.270 e. The van der Waals surface area contributed by atoms with Crippen molar-refractivity contribution in [1.82, 2.24) is 24.9 Å². The molecule has 3 aromatic heterocycles. The van der Waals surface area contributed by atoms with Crippen LogP contribution in [-0.4, -0.2) is 38.1 Å². The van der Waals surface area contributed by atoms with Crippen LogP contribution in [0.2, 0.25) is 0 Å². The Balaban J connectivity index is 1.53. The Labute approximate surface area is 146 Å². The fourth-order valence-electron chi connectivity index (χ4n) is 2.54. The molecule has 3 heterocycles. The third-order valence-electron chi connectivity index (χ3n) is 3.70. The van der Waals surface area contributed by atoms with Gasteiger partial charge in [-0.1, -0.05) is 6.07 Å². The average Bonchev–Trinajstić information content (AvgIpc) is 3.02. The van der Waals surface area contributed by atoms with Gasteiger partial charge in [0, 0.05) is 37.1 Å². The van der Waals surface area contributed by atoms with E-state index in [1.54, 1.807) is 12.3 Å². The molecule has 7 nitrogen and oxygen atoms in total. The van der Waals surface area contributed by atoms with Crippen molar-refractivity contribution in [2.75, 3.05) is 11.9 Å². The molecule has 0 aromatic carbocycles. The lowest BCUT2D eigenvalue weighted by atomic mass is 10.2. The average molecular weight is 338 g/mol. The van der Waals surface area contributed by atoms with Crippen LogP contribution in [-0.2, 0) is 6.42 Å². The first-order chi connectivity index (χ1) is 12.1. The number of carbonyl (C=O) groups is 1. The predicted octanol–water partition coefficient (Wildman–Crippen LogP) is 2.31. The summed E-state index contributed by atoms with van der Waals surface area (Å²) in [5.74, 6) is 0.790. The molecule has 3 aromatic rings. The van der Waals surface area contributed by atoms with E-state index in [0.717, 1.165) is 36.5 Å². The molecule has 7 heteroatoms. The van der Waals surface area contributed by atoms with Crippen LogP contribution in [0.3, 0.4) is 0 Å². The maximum Gasteiger partial charge on any atom is 0.270 e. The van der Waals surface area contributed by atoms with Crippen molar-refractivity contribution in [3.05, 3.63) is 54.2 Å². The van der Waals surface area contributed by atoms with E-state index >= 15 is 0 Å². The Morgan fingerprint density at radius 3 is 2.96 bits per heavy atom. The third kappa shape index (κ3) is 4.32. The maximum atomic E-state index is 12.0. The van der Waals surface area contributed by atoms with Gasteiger partial charge in [0.05, 0.1) is 0 Å². The molecule has 0 spiro atoms. The molecule has 0 saturated heterocycles. The van der Waals surface area contributed by atoms with Crippen LogP contribution in [0, 0.1) is 0 Å². The Hall–Kier alpha value is -2.96. The van der Waals surface area contributed by atoms with Gasteiger partial charge in [0.25, 0.3) is 5.91 Å². The number of hydrogen-bond donors (Lipinski definition) is 2. The van der Waals surface area contributed by atoms with Crippen LogP contribution in [0.5, 0.6) is 0 Å². The van der Waals surface area contributed by atoms with E-state index in [0.29, 0.717) is 5.69 Å². The van der Waals surface area contributed by atoms with E-state index < -0.39 is 0 Å². The quantitative estimate of drug-likeness (QED) is 0.646. The van der Waals surface area contributed by atoms with Crippen LogP contribution in [0.4, 0.5) is 5.69 Å². The Bertz CT molecular complexity index is 857. The number of amides is 1. The lowest BCUT2D eigenvalue weighted by Crippen LogP contribution is -2.30. The zero-order valence-electron chi connectivity index (χ0n) is 14.4. The molecule has 0 aliphatic carbocycles. The van der Waals surface area contributed by atoms with Crippen molar-refractivity contribution >= 4 is 17.2 Å². The minimum atomic E-state index is -0.159. The van der Waals surface area contributed by atoms with Gasteiger partial charge < -0.3 is 10.6 Å². The molecule has 0 fully saturated rings. The molecule has 130 valence electrons. The maximum absolute atomic E-state index is 12.0. The summed E-state index contributed by atoms with van der Waals surface area (Å²) in [5, 5.41) is 14.5. The molecule has 0 aliphatic rings. The second-order valence-electron chi connectivity index (χ2n) is 6.13. The monoisotopic (exact) mass is 338 g/mol. The first-order valence-corrected chi connectivity index (χ1v) is 8.43. The molecule has 0 aliphatic heterocycles. The van der Waals surface area contributed by atoms with Crippen LogP contribution in [0.25, 0.3) is 5.65 Å². The van der Waals surface area contributed by atoms with Crippen molar-refractivity contribution in [3.8, 4) is 0 Å². The SMILES string of the molecule is CC(C)NC(=O)c1cc(NCCCc2nnc3ccccn23)ccn1. The Morgan fingerprint density at radius 2 is 2.12 bits per heavy atom. The number of pyridine rings is 2. The first-order valence-electron chi connectivity index (χ1n) is 8.43. The van der Waals surface area contributed by atoms with E-state index in [9.17, 15) is 4.79 Å². The number of rotatable bonds is 7. The molecular formula is C18H22N6O. The first kappa shape index (κ1) is 16.9. The summed E-state index contributed by atoms with van der Waals surface area (Å²) in [4.78, 5) is 16.1. The van der Waals surface area contributed by atoms with Gasteiger partial charge in [-0.15, -0.1) is 10.2 Å². The van der Waals surface area contributed by atoms with Gasteiger partial charge in [-0.2, -0.15) is 0 Å². The molecular weight excluding hydrogens is 316 g/mol. The zero-order chi connectivity index (χ0) is 17.6. The molecule has 3 rings (SSSR count). The van der Waals surface area contributed by atoms with Gasteiger partial charge in [-0.3, -0.25) is 14.2 Å². The summed E-state index contributed by atoms with van der Waals surface area (Å²) in [6.45, 7) is 4.62. The predicted molar refractivity (Wildman–Crippen MR) is 96.6 cm³/mol. The van der Waals surface area contributed by atoms with Crippen LogP contribution >= 0.6 is 0 Å². The normalized spacial score (nSPS) is 11.0. The van der Waals surface area contributed by atoms with Crippen LogP contribution < -0.4 is 10.6 Å². The second-order valence-corrected chi connectivity index (χ2v) is 6.13. The number of anilines is 1. The van der Waals surface area contributed by atoms with Crippen LogP contribution in [0.15, 0.2) is 42.7 Å². The van der Waals surface area contributed by atoms with Gasteiger partial charge in [-0.25, -0.2) is 0 Å². The van der Waals surface area contributed by atoms with Crippen molar-refractivity contribution in [3.63, 3.8) is 0 Å². The number of nitrogens with zero attached hydrogens (tertiary/aromatic N) is 4. The summed E-state index contributed by atoms with van der Waals surface area (Å²) < 4.78 is 2.00. The largest absolute Gasteiger partial charge is 0.385 e. The molecule has 1 amide bonds. The zero-order valence-corrected chi connectivity index (χ0v) is 14.4. The molecule has 0 unspecified atom stereocenters. The molecule has 0 bridgehead atoms. The highest BCUT2D eigenvalue weighted by Gasteiger charge is 2.09. The molecule has 0 saturated carbocycles. The summed E-state index contributed by atoms with van der Waals surface area (Å²) in [7, 11) is 0. The number of fused-ring (bicyclic) bond motifs is 1. The van der Waals surface area contributed by atoms with Crippen molar-refractivity contribution in [2.24, 2.45) is 0 Å². The van der Waals surface area contributed by atoms with E-state index in [1.165, 1.54) is 0 Å². The lowest BCUT2D eigenvalue weighted by Gasteiger charge is -2.10. The highest BCUT2D eigenvalue weighted by Crippen LogP contribution is 2.09. The highest BCUT2D eigenvalue weighted by molar-refractivity contribution is 5.93. The van der Waals surface area contributed by atoms with Gasteiger partial charge in [0.1, 0.15) is 11.5 Å².